The molecule has 3 rings (SSSR count). The van der Waals surface area contributed by atoms with Gasteiger partial charge in [-0.2, -0.15) is 0 Å². The van der Waals surface area contributed by atoms with E-state index in [1.807, 2.05) is 17.1 Å². The molecule has 1 aromatic heterocycles. The maximum atomic E-state index is 4.08. The molecular formula is C15H19N3. The van der Waals surface area contributed by atoms with Gasteiger partial charge in [0.2, 0.25) is 0 Å². The Morgan fingerprint density at radius 3 is 3.06 bits per heavy atom. The number of nitrogens with one attached hydrogen (secondary N) is 1. The normalized spacial score (nSPS) is 16.5. The summed E-state index contributed by atoms with van der Waals surface area (Å²) in [5, 5.41) is 3.58. The summed E-state index contributed by atoms with van der Waals surface area (Å²) in [7, 11) is 0. The van der Waals surface area contributed by atoms with Gasteiger partial charge < -0.3 is 9.88 Å². The van der Waals surface area contributed by atoms with Crippen LogP contribution in [0.4, 0.5) is 5.69 Å². The molecule has 1 fully saturated rings. The van der Waals surface area contributed by atoms with Crippen molar-refractivity contribution in [2.24, 2.45) is 5.92 Å². The summed E-state index contributed by atoms with van der Waals surface area (Å²) in [4.78, 5) is 4.08. The van der Waals surface area contributed by atoms with Crippen LogP contribution in [0, 0.1) is 5.92 Å². The summed E-state index contributed by atoms with van der Waals surface area (Å²) >= 11 is 0. The third-order valence-electron chi connectivity index (χ3n) is 3.45. The van der Waals surface area contributed by atoms with Crippen LogP contribution in [-0.2, 0) is 0 Å². The Kier molecular flexibility index (Phi) is 3.05. The first-order chi connectivity index (χ1) is 8.81. The zero-order valence-electron chi connectivity index (χ0n) is 10.7. The summed E-state index contributed by atoms with van der Waals surface area (Å²) < 4.78 is 2.02. The van der Waals surface area contributed by atoms with Gasteiger partial charge >= 0.3 is 0 Å². The van der Waals surface area contributed by atoms with Crippen LogP contribution >= 0.6 is 0 Å². The molecule has 18 heavy (non-hydrogen) atoms. The van der Waals surface area contributed by atoms with E-state index in [1.165, 1.54) is 24.9 Å². The van der Waals surface area contributed by atoms with Crippen molar-refractivity contribution in [3.63, 3.8) is 0 Å². The number of anilines is 1. The lowest BCUT2D eigenvalue weighted by molar-refractivity contribution is 0.642. The Bertz CT molecular complexity index is 500. The van der Waals surface area contributed by atoms with E-state index >= 15 is 0 Å². The standard InChI is InChI=1S/C15H19N3/c1-12(9-13-5-6-13)17-14-3-2-4-15(10-14)18-8-7-16-11-18/h2-4,7-8,10-13,17H,5-6,9H2,1H3. The van der Waals surface area contributed by atoms with E-state index in [4.69, 9.17) is 0 Å². The summed E-state index contributed by atoms with van der Waals surface area (Å²) in [5.41, 5.74) is 2.34. The van der Waals surface area contributed by atoms with Crippen molar-refractivity contribution in [2.45, 2.75) is 32.2 Å². The van der Waals surface area contributed by atoms with Crippen LogP contribution in [0.1, 0.15) is 26.2 Å². The maximum absolute atomic E-state index is 4.08. The SMILES string of the molecule is CC(CC1CC1)Nc1cccc(-n2ccnc2)c1. The molecule has 1 unspecified atom stereocenters. The zero-order chi connectivity index (χ0) is 12.4. The number of hydrogen-bond acceptors (Lipinski definition) is 2. The summed E-state index contributed by atoms with van der Waals surface area (Å²) in [6.45, 7) is 2.27. The summed E-state index contributed by atoms with van der Waals surface area (Å²) in [6.07, 6.45) is 9.72. The molecule has 1 saturated carbocycles. The van der Waals surface area contributed by atoms with Gasteiger partial charge in [0, 0.05) is 29.8 Å². The maximum Gasteiger partial charge on any atom is 0.0991 e. The summed E-state index contributed by atoms with van der Waals surface area (Å²) in [5.74, 6) is 0.962. The zero-order valence-corrected chi connectivity index (χ0v) is 10.7. The molecule has 1 aromatic carbocycles. The second-order valence-corrected chi connectivity index (χ2v) is 5.24. The largest absolute Gasteiger partial charge is 0.383 e. The van der Waals surface area contributed by atoms with Crippen molar-refractivity contribution in [2.75, 3.05) is 5.32 Å². The third kappa shape index (κ3) is 2.73. The lowest BCUT2D eigenvalue weighted by atomic mass is 10.1. The molecule has 2 aromatic rings. The van der Waals surface area contributed by atoms with E-state index in [-0.39, 0.29) is 0 Å². The minimum Gasteiger partial charge on any atom is -0.383 e. The fourth-order valence-corrected chi connectivity index (χ4v) is 2.37. The van der Waals surface area contributed by atoms with Gasteiger partial charge in [-0.05, 0) is 37.5 Å². The van der Waals surface area contributed by atoms with Crippen molar-refractivity contribution < 1.29 is 0 Å². The Morgan fingerprint density at radius 2 is 2.33 bits per heavy atom. The smallest absolute Gasteiger partial charge is 0.0991 e. The number of nitrogens with zero attached hydrogens (tertiary/aromatic N) is 2. The van der Waals surface area contributed by atoms with Gasteiger partial charge in [-0.1, -0.05) is 18.9 Å². The fraction of sp³-hybridized carbons (Fsp3) is 0.400. The molecule has 3 heteroatoms. The van der Waals surface area contributed by atoms with Crippen molar-refractivity contribution in [1.29, 1.82) is 0 Å². The molecule has 0 saturated heterocycles. The molecule has 0 aliphatic heterocycles. The second kappa shape index (κ2) is 4.84. The molecule has 0 radical (unpaired) electrons. The van der Waals surface area contributed by atoms with Gasteiger partial charge in [-0.15, -0.1) is 0 Å². The molecule has 1 aliphatic carbocycles. The number of benzene rings is 1. The van der Waals surface area contributed by atoms with E-state index < -0.39 is 0 Å². The van der Waals surface area contributed by atoms with Crippen molar-refractivity contribution >= 4 is 5.69 Å². The number of hydrogen-bond donors (Lipinski definition) is 1. The lowest BCUT2D eigenvalue weighted by Gasteiger charge is -2.15. The quantitative estimate of drug-likeness (QED) is 0.868. The highest BCUT2D eigenvalue weighted by molar-refractivity contribution is 5.51. The topological polar surface area (TPSA) is 29.9 Å². The fourth-order valence-electron chi connectivity index (χ4n) is 2.37. The van der Waals surface area contributed by atoms with Crippen LogP contribution < -0.4 is 5.32 Å². The Morgan fingerprint density at radius 1 is 1.44 bits per heavy atom. The Labute approximate surface area is 108 Å². The van der Waals surface area contributed by atoms with Gasteiger partial charge in [0.15, 0.2) is 0 Å². The van der Waals surface area contributed by atoms with Gasteiger partial charge in [0.25, 0.3) is 0 Å². The number of rotatable bonds is 5. The molecule has 1 atom stereocenters. The van der Waals surface area contributed by atoms with Crippen molar-refractivity contribution in [3.8, 4) is 5.69 Å². The van der Waals surface area contributed by atoms with E-state index in [9.17, 15) is 0 Å². The molecule has 0 amide bonds. The lowest BCUT2D eigenvalue weighted by Crippen LogP contribution is -2.15. The molecule has 1 heterocycles. The number of aromatic nitrogens is 2. The van der Waals surface area contributed by atoms with Crippen LogP contribution in [0.25, 0.3) is 5.69 Å². The monoisotopic (exact) mass is 241 g/mol. The minimum absolute atomic E-state index is 0.551. The van der Waals surface area contributed by atoms with Gasteiger partial charge in [-0.25, -0.2) is 4.98 Å². The highest BCUT2D eigenvalue weighted by Gasteiger charge is 2.23. The van der Waals surface area contributed by atoms with Crippen LogP contribution in [0.5, 0.6) is 0 Å². The molecule has 0 bridgehead atoms. The van der Waals surface area contributed by atoms with Gasteiger partial charge in [0.1, 0.15) is 0 Å². The van der Waals surface area contributed by atoms with Crippen molar-refractivity contribution in [1.82, 2.24) is 9.55 Å². The molecule has 94 valence electrons. The minimum atomic E-state index is 0.551. The predicted molar refractivity (Wildman–Crippen MR) is 74.0 cm³/mol. The van der Waals surface area contributed by atoms with Gasteiger partial charge in [0.05, 0.1) is 6.33 Å². The molecule has 1 aliphatic rings. The third-order valence-corrected chi connectivity index (χ3v) is 3.45. The Hall–Kier alpha value is -1.77. The van der Waals surface area contributed by atoms with E-state index in [0.717, 1.165) is 11.6 Å². The average molecular weight is 241 g/mol. The Balaban J connectivity index is 1.70. The van der Waals surface area contributed by atoms with Crippen molar-refractivity contribution in [3.05, 3.63) is 43.0 Å². The van der Waals surface area contributed by atoms with Gasteiger partial charge in [-0.3, -0.25) is 0 Å². The van der Waals surface area contributed by atoms with Crippen LogP contribution in [-0.4, -0.2) is 15.6 Å². The van der Waals surface area contributed by atoms with E-state index in [1.54, 1.807) is 6.20 Å². The predicted octanol–water partition coefficient (Wildman–Crippen LogP) is 3.47. The van der Waals surface area contributed by atoms with E-state index in [0.29, 0.717) is 6.04 Å². The average Bonchev–Trinajstić information content (AvgIpc) is 3.00. The first-order valence-electron chi connectivity index (χ1n) is 6.66. The molecule has 3 nitrogen and oxygen atoms in total. The molecular weight excluding hydrogens is 222 g/mol. The number of imidazole rings is 1. The highest BCUT2D eigenvalue weighted by Crippen LogP contribution is 2.34. The van der Waals surface area contributed by atoms with Crippen LogP contribution in [0.3, 0.4) is 0 Å². The van der Waals surface area contributed by atoms with Crippen LogP contribution in [0.15, 0.2) is 43.0 Å². The second-order valence-electron chi connectivity index (χ2n) is 5.24. The highest BCUT2D eigenvalue weighted by atomic mass is 15.0. The molecule has 1 N–H and O–H groups in total. The molecule has 0 spiro atoms. The van der Waals surface area contributed by atoms with E-state index in [2.05, 4.69) is 41.5 Å². The first kappa shape index (κ1) is 11.3. The van der Waals surface area contributed by atoms with Crippen LogP contribution in [0.2, 0.25) is 0 Å². The summed E-state index contributed by atoms with van der Waals surface area (Å²) in [6, 6.07) is 9.03. The first-order valence-corrected chi connectivity index (χ1v) is 6.66.